The van der Waals surface area contributed by atoms with E-state index >= 15 is 0 Å². The minimum Gasteiger partial charge on any atom is -0.497 e. The molecule has 1 N–H and O–H groups in total. The molecule has 1 fully saturated rings. The smallest absolute Gasteiger partial charge is 0.244 e. The third-order valence-electron chi connectivity index (χ3n) is 6.70. The Labute approximate surface area is 214 Å². The molecule has 0 spiro atoms. The van der Waals surface area contributed by atoms with Crippen molar-refractivity contribution in [1.29, 1.82) is 0 Å². The molecule has 1 aliphatic carbocycles. The molecule has 1 atom stereocenters. The van der Waals surface area contributed by atoms with Crippen molar-refractivity contribution in [1.82, 2.24) is 10.2 Å². The number of para-hydroxylation sites is 1. The molecule has 3 rings (SSSR count). The largest absolute Gasteiger partial charge is 0.497 e. The van der Waals surface area contributed by atoms with Crippen LogP contribution < -0.4 is 14.4 Å². The van der Waals surface area contributed by atoms with Crippen molar-refractivity contribution in [2.45, 2.75) is 64.6 Å². The van der Waals surface area contributed by atoms with Crippen LogP contribution in [0.5, 0.6) is 5.75 Å². The summed E-state index contributed by atoms with van der Waals surface area (Å²) >= 11 is 0. The predicted octanol–water partition coefficient (Wildman–Crippen LogP) is 3.50. The van der Waals surface area contributed by atoms with Gasteiger partial charge in [-0.15, -0.1) is 0 Å². The predicted molar refractivity (Wildman–Crippen MR) is 141 cm³/mol. The maximum Gasteiger partial charge on any atom is 0.244 e. The maximum atomic E-state index is 13.7. The lowest BCUT2D eigenvalue weighted by Gasteiger charge is -2.32. The van der Waals surface area contributed by atoms with E-state index < -0.39 is 28.5 Å². The van der Waals surface area contributed by atoms with Gasteiger partial charge in [-0.1, -0.05) is 50.1 Å². The van der Waals surface area contributed by atoms with E-state index in [1.807, 2.05) is 31.2 Å². The Hall–Kier alpha value is -3.07. The van der Waals surface area contributed by atoms with E-state index in [0.717, 1.165) is 47.4 Å². The van der Waals surface area contributed by atoms with Gasteiger partial charge in [0, 0.05) is 12.6 Å². The summed E-state index contributed by atoms with van der Waals surface area (Å²) in [7, 11) is -2.18. The fourth-order valence-corrected chi connectivity index (χ4v) is 5.43. The number of carbonyl (C=O) groups excluding carboxylic acids is 2. The van der Waals surface area contributed by atoms with E-state index in [2.05, 4.69) is 5.32 Å². The second-order valence-electron chi connectivity index (χ2n) is 9.29. The van der Waals surface area contributed by atoms with Gasteiger partial charge in [-0.25, -0.2) is 8.42 Å². The number of carbonyl (C=O) groups is 2. The first-order valence-electron chi connectivity index (χ1n) is 12.4. The average Bonchev–Trinajstić information content (AvgIpc) is 3.38. The van der Waals surface area contributed by atoms with E-state index in [1.54, 1.807) is 38.3 Å². The molecular formula is C27H37N3O5S. The number of benzene rings is 2. The Morgan fingerprint density at radius 1 is 1.08 bits per heavy atom. The first kappa shape index (κ1) is 27.5. The molecule has 0 aromatic heterocycles. The lowest BCUT2D eigenvalue weighted by molar-refractivity contribution is -0.139. The lowest BCUT2D eigenvalue weighted by Crippen LogP contribution is -2.52. The van der Waals surface area contributed by atoms with Gasteiger partial charge in [0.15, 0.2) is 0 Å². The molecule has 1 aliphatic rings. The van der Waals surface area contributed by atoms with Crippen LogP contribution in [-0.4, -0.2) is 57.1 Å². The summed E-state index contributed by atoms with van der Waals surface area (Å²) in [6.07, 6.45) is 5.73. The molecular weight excluding hydrogens is 478 g/mol. The molecule has 8 nitrogen and oxygen atoms in total. The Bertz CT molecular complexity index is 1140. The molecule has 2 aromatic rings. The summed E-state index contributed by atoms with van der Waals surface area (Å²) in [4.78, 5) is 28.3. The Morgan fingerprint density at radius 3 is 2.31 bits per heavy atom. The third-order valence-corrected chi connectivity index (χ3v) is 7.83. The molecule has 9 heteroatoms. The number of nitrogens with zero attached hydrogens (tertiary/aromatic N) is 2. The Balaban J connectivity index is 1.90. The molecule has 2 amide bonds. The molecule has 0 aliphatic heterocycles. The number of amides is 2. The summed E-state index contributed by atoms with van der Waals surface area (Å²) < 4.78 is 31.9. The molecule has 0 saturated heterocycles. The van der Waals surface area contributed by atoms with E-state index in [1.165, 1.54) is 4.90 Å². The monoisotopic (exact) mass is 515 g/mol. The van der Waals surface area contributed by atoms with Crippen molar-refractivity contribution in [2.24, 2.45) is 0 Å². The summed E-state index contributed by atoms with van der Waals surface area (Å²) in [5, 5.41) is 3.07. The number of nitrogens with one attached hydrogen (secondary N) is 1. The van der Waals surface area contributed by atoms with Crippen LogP contribution >= 0.6 is 0 Å². The standard InChI is InChI=1S/C27H37N3O5S/c1-5-22-10-6-9-13-25(22)30(36(4,33)34)19-26(31)29(18-21-14-16-24(35-3)17-15-21)20(2)27(32)28-23-11-7-8-12-23/h6,9-10,13-17,20,23H,5,7-8,11-12,18-19H2,1-4H3,(H,28,32). The van der Waals surface area contributed by atoms with Gasteiger partial charge in [0.1, 0.15) is 18.3 Å². The molecule has 1 saturated carbocycles. The normalized spacial score (nSPS) is 14.8. The first-order chi connectivity index (χ1) is 17.1. The zero-order valence-electron chi connectivity index (χ0n) is 21.6. The van der Waals surface area contributed by atoms with Gasteiger partial charge in [0.05, 0.1) is 19.1 Å². The number of aryl methyl sites for hydroxylation is 1. The van der Waals surface area contributed by atoms with Gasteiger partial charge in [0.25, 0.3) is 0 Å². The number of hydrogen-bond acceptors (Lipinski definition) is 5. The first-order valence-corrected chi connectivity index (χ1v) is 14.3. The molecule has 196 valence electrons. The Morgan fingerprint density at radius 2 is 1.72 bits per heavy atom. The highest BCUT2D eigenvalue weighted by atomic mass is 32.2. The molecule has 0 heterocycles. The zero-order chi connectivity index (χ0) is 26.3. The van der Waals surface area contributed by atoms with Crippen molar-refractivity contribution in [2.75, 3.05) is 24.2 Å². The van der Waals surface area contributed by atoms with Gasteiger partial charge in [-0.3, -0.25) is 13.9 Å². The van der Waals surface area contributed by atoms with Gasteiger partial charge in [0.2, 0.25) is 21.8 Å². The van der Waals surface area contributed by atoms with Gasteiger partial charge in [-0.2, -0.15) is 0 Å². The minimum absolute atomic E-state index is 0.113. The van der Waals surface area contributed by atoms with Crippen LogP contribution in [0, 0.1) is 0 Å². The van der Waals surface area contributed by atoms with Crippen molar-refractivity contribution >= 4 is 27.5 Å². The topological polar surface area (TPSA) is 96.0 Å². The van der Waals surface area contributed by atoms with Crippen LogP contribution in [0.15, 0.2) is 48.5 Å². The lowest BCUT2D eigenvalue weighted by atomic mass is 10.1. The average molecular weight is 516 g/mol. The number of ether oxygens (including phenoxy) is 1. The van der Waals surface area contributed by atoms with Crippen LogP contribution in [0.3, 0.4) is 0 Å². The summed E-state index contributed by atoms with van der Waals surface area (Å²) in [6.45, 7) is 3.39. The van der Waals surface area contributed by atoms with Crippen LogP contribution in [-0.2, 0) is 32.6 Å². The number of anilines is 1. The minimum atomic E-state index is -3.76. The molecule has 2 aromatic carbocycles. The quantitative estimate of drug-likeness (QED) is 0.494. The van der Waals surface area contributed by atoms with Crippen LogP contribution in [0.25, 0.3) is 0 Å². The highest BCUT2D eigenvalue weighted by Crippen LogP contribution is 2.24. The SMILES string of the molecule is CCc1ccccc1N(CC(=O)N(Cc1ccc(OC)cc1)C(C)C(=O)NC1CCCC1)S(C)(=O)=O. The highest BCUT2D eigenvalue weighted by molar-refractivity contribution is 7.92. The van der Waals surface area contributed by atoms with Crippen LogP contribution in [0.2, 0.25) is 0 Å². The van der Waals surface area contributed by atoms with E-state index in [4.69, 9.17) is 4.74 Å². The third kappa shape index (κ3) is 7.00. The maximum absolute atomic E-state index is 13.7. The number of methoxy groups -OCH3 is 1. The van der Waals surface area contributed by atoms with Crippen molar-refractivity contribution < 1.29 is 22.7 Å². The van der Waals surface area contributed by atoms with E-state index in [0.29, 0.717) is 17.9 Å². The molecule has 1 unspecified atom stereocenters. The van der Waals surface area contributed by atoms with Crippen molar-refractivity contribution in [3.63, 3.8) is 0 Å². The molecule has 0 radical (unpaired) electrons. The van der Waals surface area contributed by atoms with E-state index in [9.17, 15) is 18.0 Å². The zero-order valence-corrected chi connectivity index (χ0v) is 22.4. The van der Waals surface area contributed by atoms with Crippen molar-refractivity contribution in [3.8, 4) is 5.75 Å². The van der Waals surface area contributed by atoms with Gasteiger partial charge in [-0.05, 0) is 55.5 Å². The molecule has 36 heavy (non-hydrogen) atoms. The summed E-state index contributed by atoms with van der Waals surface area (Å²) in [5.74, 6) is 0.00271. The fourth-order valence-electron chi connectivity index (χ4n) is 4.55. The molecule has 0 bridgehead atoms. The second kappa shape index (κ2) is 12.3. The van der Waals surface area contributed by atoms with Crippen molar-refractivity contribution in [3.05, 3.63) is 59.7 Å². The second-order valence-corrected chi connectivity index (χ2v) is 11.2. The summed E-state index contributed by atoms with van der Waals surface area (Å²) in [6, 6.07) is 13.7. The summed E-state index contributed by atoms with van der Waals surface area (Å²) in [5.41, 5.74) is 2.11. The van der Waals surface area contributed by atoms with Crippen LogP contribution in [0.4, 0.5) is 5.69 Å². The number of rotatable bonds is 11. The van der Waals surface area contributed by atoms with E-state index in [-0.39, 0.29) is 18.5 Å². The number of hydrogen-bond donors (Lipinski definition) is 1. The van der Waals surface area contributed by atoms with Gasteiger partial charge >= 0.3 is 0 Å². The Kier molecular flexibility index (Phi) is 9.37. The van der Waals surface area contributed by atoms with Crippen LogP contribution in [0.1, 0.15) is 50.7 Å². The number of sulfonamides is 1. The fraction of sp³-hybridized carbons (Fsp3) is 0.481. The highest BCUT2D eigenvalue weighted by Gasteiger charge is 2.31. The van der Waals surface area contributed by atoms with Gasteiger partial charge < -0.3 is 15.0 Å².